The summed E-state index contributed by atoms with van der Waals surface area (Å²) < 4.78 is 25.4. The minimum Gasteiger partial charge on any atom is -0.287 e. The van der Waals surface area contributed by atoms with E-state index in [0.29, 0.717) is 11.1 Å². The maximum atomic E-state index is 12.7. The predicted octanol–water partition coefficient (Wildman–Crippen LogP) is 3.14. The fourth-order valence-corrected chi connectivity index (χ4v) is 6.01. The molecule has 2 aromatic carbocycles. The van der Waals surface area contributed by atoms with Crippen molar-refractivity contribution in [2.24, 2.45) is 0 Å². The second-order valence-electron chi connectivity index (χ2n) is 5.04. The van der Waals surface area contributed by atoms with Crippen molar-refractivity contribution in [1.82, 2.24) is 0 Å². The summed E-state index contributed by atoms with van der Waals surface area (Å²) in [6.45, 7) is 0. The second-order valence-corrected chi connectivity index (χ2v) is 9.27. The van der Waals surface area contributed by atoms with Gasteiger partial charge in [0.1, 0.15) is 4.20 Å². The molecule has 0 atom stereocenters. The second kappa shape index (κ2) is 7.03. The van der Waals surface area contributed by atoms with E-state index in [-0.39, 0.29) is 9.95 Å². The molecule has 0 spiro atoms. The lowest BCUT2D eigenvalue weighted by Crippen LogP contribution is -2.26. The molecule has 0 radical (unpaired) electrons. The van der Waals surface area contributed by atoms with Gasteiger partial charge in [-0.25, -0.2) is 8.42 Å². The minimum absolute atomic E-state index is 0.00236. The van der Waals surface area contributed by atoms with Crippen molar-refractivity contribution in [3.63, 3.8) is 0 Å². The smallest absolute Gasteiger partial charge is 0.210 e. The van der Waals surface area contributed by atoms with E-state index in [1.807, 2.05) is 6.07 Å². The van der Waals surface area contributed by atoms with Crippen molar-refractivity contribution in [2.45, 2.75) is 5.75 Å². The number of sulfone groups is 1. The predicted molar refractivity (Wildman–Crippen MR) is 94.3 cm³/mol. The molecule has 0 saturated heterocycles. The lowest BCUT2D eigenvalue weighted by atomic mass is 10.1. The van der Waals surface area contributed by atoms with E-state index in [1.54, 1.807) is 67.1 Å². The average molecular weight is 334 g/mol. The van der Waals surface area contributed by atoms with Crippen molar-refractivity contribution in [3.8, 4) is 0 Å². The fraction of sp³-hybridized carbons (Fsp3) is 0.176. The van der Waals surface area contributed by atoms with Crippen LogP contribution in [0.3, 0.4) is 0 Å². The third kappa shape index (κ3) is 3.93. The van der Waals surface area contributed by atoms with E-state index in [1.165, 1.54) is 0 Å². The third-order valence-corrected chi connectivity index (χ3v) is 7.23. The highest BCUT2D eigenvalue weighted by Crippen LogP contribution is 2.18. The van der Waals surface area contributed by atoms with E-state index < -0.39 is 26.1 Å². The largest absolute Gasteiger partial charge is 0.287 e. The van der Waals surface area contributed by atoms with Crippen molar-refractivity contribution in [2.75, 3.05) is 12.5 Å². The van der Waals surface area contributed by atoms with Crippen molar-refractivity contribution in [1.29, 1.82) is 0 Å². The van der Waals surface area contributed by atoms with Crippen molar-refractivity contribution in [3.05, 3.63) is 71.8 Å². The Morgan fingerprint density at radius 3 is 1.91 bits per heavy atom. The molecule has 0 bridgehead atoms. The van der Waals surface area contributed by atoms with Gasteiger partial charge in [0.2, 0.25) is 5.78 Å². The number of rotatable bonds is 4. The van der Waals surface area contributed by atoms with Crippen LogP contribution in [0.2, 0.25) is 0 Å². The normalized spacial score (nSPS) is 11.4. The summed E-state index contributed by atoms with van der Waals surface area (Å²) in [6.07, 6.45) is 3.53. The maximum Gasteiger partial charge on any atom is 0.210 e. The van der Waals surface area contributed by atoms with Crippen molar-refractivity contribution < 1.29 is 13.2 Å². The zero-order valence-electron chi connectivity index (χ0n) is 12.5. The van der Waals surface area contributed by atoms with Gasteiger partial charge < -0.3 is 0 Å². The van der Waals surface area contributed by atoms with Crippen LogP contribution in [0.1, 0.15) is 15.9 Å². The van der Waals surface area contributed by atoms with Gasteiger partial charge in [-0.3, -0.25) is 4.79 Å². The van der Waals surface area contributed by atoms with Crippen LogP contribution in [0.5, 0.6) is 0 Å². The van der Waals surface area contributed by atoms with E-state index in [2.05, 4.69) is 0 Å². The highest BCUT2D eigenvalue weighted by molar-refractivity contribution is 8.31. The summed E-state index contributed by atoms with van der Waals surface area (Å²) in [5.41, 5.74) is 1.10. The van der Waals surface area contributed by atoms with Crippen LogP contribution in [-0.4, -0.2) is 30.9 Å². The van der Waals surface area contributed by atoms with Crippen LogP contribution in [-0.2, 0) is 15.6 Å². The van der Waals surface area contributed by atoms with Crippen LogP contribution >= 0.6 is 10.5 Å². The standard InChI is InChI=1S/C17H18O3S2/c1-21(2)17(16(18)15-11-7-4-8-12-15)22(19,20)13-14-9-5-3-6-10-14/h3-12H,13H2,1-2H3. The molecule has 0 heterocycles. The molecule has 0 unspecified atom stereocenters. The molecule has 0 aromatic heterocycles. The van der Waals surface area contributed by atoms with Gasteiger partial charge >= 0.3 is 0 Å². The Labute approximate surface area is 133 Å². The molecular weight excluding hydrogens is 316 g/mol. The topological polar surface area (TPSA) is 51.2 Å². The Morgan fingerprint density at radius 2 is 1.41 bits per heavy atom. The van der Waals surface area contributed by atoms with Gasteiger partial charge in [-0.05, 0) is 18.1 Å². The number of carbonyl (C=O) groups is 1. The van der Waals surface area contributed by atoms with Crippen LogP contribution in [0.25, 0.3) is 0 Å². The zero-order chi connectivity index (χ0) is 16.2. The Morgan fingerprint density at radius 1 is 0.909 bits per heavy atom. The molecule has 0 fully saturated rings. The minimum atomic E-state index is -3.64. The Hall–Kier alpha value is -1.72. The molecule has 116 valence electrons. The van der Waals surface area contributed by atoms with Crippen LogP contribution in [0, 0.1) is 0 Å². The van der Waals surface area contributed by atoms with Gasteiger partial charge in [-0.1, -0.05) is 60.7 Å². The summed E-state index contributed by atoms with van der Waals surface area (Å²) >= 11 is 0. The van der Waals surface area contributed by atoms with Gasteiger partial charge in [0.05, 0.1) is 5.75 Å². The summed E-state index contributed by atoms with van der Waals surface area (Å²) in [5.74, 6) is -0.544. The first-order valence-electron chi connectivity index (χ1n) is 6.73. The summed E-state index contributed by atoms with van der Waals surface area (Å²) in [7, 11) is -4.29. The first-order chi connectivity index (χ1) is 10.4. The molecule has 2 rings (SSSR count). The number of hydrogen-bond acceptors (Lipinski definition) is 3. The summed E-state index contributed by atoms with van der Waals surface area (Å²) in [6, 6.07) is 17.5. The summed E-state index contributed by atoms with van der Waals surface area (Å²) in [5, 5.41) is 0. The number of Topliss-reactive ketones (excluding diaryl/α,β-unsaturated/α-hetero) is 1. The van der Waals surface area contributed by atoms with Gasteiger partial charge in [-0.2, -0.15) is 10.5 Å². The van der Waals surface area contributed by atoms with Crippen molar-refractivity contribution >= 4 is 30.3 Å². The van der Waals surface area contributed by atoms with E-state index in [0.717, 1.165) is 0 Å². The quantitative estimate of drug-likeness (QED) is 0.637. The fourth-order valence-electron chi connectivity index (χ4n) is 2.15. The highest BCUT2D eigenvalue weighted by Gasteiger charge is 2.27. The first kappa shape index (κ1) is 16.6. The lowest BCUT2D eigenvalue weighted by Gasteiger charge is -2.11. The highest BCUT2D eigenvalue weighted by atomic mass is 32.2. The number of carbonyl (C=O) groups excluding carboxylic acids is 1. The van der Waals surface area contributed by atoms with Gasteiger partial charge in [0, 0.05) is 5.56 Å². The van der Waals surface area contributed by atoms with Crippen LogP contribution in [0.4, 0.5) is 0 Å². The molecule has 0 N–H and O–H groups in total. The van der Waals surface area contributed by atoms with Gasteiger partial charge in [0.15, 0.2) is 9.84 Å². The maximum absolute atomic E-state index is 12.7. The molecule has 5 heteroatoms. The van der Waals surface area contributed by atoms with E-state index >= 15 is 0 Å². The molecule has 0 aliphatic heterocycles. The van der Waals surface area contributed by atoms with E-state index in [4.69, 9.17) is 0 Å². The third-order valence-electron chi connectivity index (χ3n) is 3.07. The first-order valence-corrected chi connectivity index (χ1v) is 10.4. The monoisotopic (exact) mass is 334 g/mol. The molecule has 0 aliphatic rings. The molecule has 22 heavy (non-hydrogen) atoms. The molecular formula is C17H18O3S2. The molecule has 2 aromatic rings. The van der Waals surface area contributed by atoms with E-state index in [9.17, 15) is 13.2 Å². The lowest BCUT2D eigenvalue weighted by molar-refractivity contribution is 0.107. The Bertz CT molecular complexity index is 788. The average Bonchev–Trinajstić information content (AvgIpc) is 2.48. The molecule has 0 saturated carbocycles. The van der Waals surface area contributed by atoms with Crippen LogP contribution < -0.4 is 0 Å². The Kier molecular flexibility index (Phi) is 5.32. The molecule has 0 aliphatic carbocycles. The Balaban J connectivity index is 2.41. The van der Waals surface area contributed by atoms with Gasteiger partial charge in [-0.15, -0.1) is 0 Å². The molecule has 0 amide bonds. The SMILES string of the molecule is CS(C)=C(C(=O)c1ccccc1)S(=O)(=O)Cc1ccccc1. The van der Waals surface area contributed by atoms with Gasteiger partial charge in [0.25, 0.3) is 0 Å². The zero-order valence-corrected chi connectivity index (χ0v) is 14.2. The molecule has 3 nitrogen and oxygen atoms in total. The number of benzene rings is 2. The van der Waals surface area contributed by atoms with Crippen LogP contribution in [0.15, 0.2) is 60.7 Å². The summed E-state index contributed by atoms with van der Waals surface area (Å²) in [4.78, 5) is 12.6. The number of hydrogen-bond donors (Lipinski definition) is 0. The number of ketones is 1.